The maximum absolute atomic E-state index is 12.1. The summed E-state index contributed by atoms with van der Waals surface area (Å²) in [5.41, 5.74) is 1.92. The van der Waals surface area contributed by atoms with Crippen LogP contribution in [-0.4, -0.2) is 24.7 Å². The molecule has 0 aliphatic heterocycles. The number of thiophene rings is 1. The van der Waals surface area contributed by atoms with Gasteiger partial charge in [-0.25, -0.2) is 13.1 Å². The van der Waals surface area contributed by atoms with Crippen molar-refractivity contribution in [3.8, 4) is 0 Å². The second-order valence-electron chi connectivity index (χ2n) is 4.12. The smallest absolute Gasteiger partial charge is 0.250 e. The third-order valence-corrected chi connectivity index (χ3v) is 6.77. The van der Waals surface area contributed by atoms with Gasteiger partial charge in [0.25, 0.3) is 0 Å². The van der Waals surface area contributed by atoms with Crippen molar-refractivity contribution in [2.24, 2.45) is 7.05 Å². The number of halogens is 1. The van der Waals surface area contributed by atoms with Crippen LogP contribution in [-0.2, 0) is 23.5 Å². The quantitative estimate of drug-likeness (QED) is 0.884. The Bertz CT molecular complexity index is 656. The largest absolute Gasteiger partial charge is 0.273 e. The van der Waals surface area contributed by atoms with Crippen LogP contribution in [0.3, 0.4) is 0 Å². The van der Waals surface area contributed by atoms with Crippen molar-refractivity contribution < 1.29 is 8.42 Å². The highest BCUT2D eigenvalue weighted by Gasteiger charge is 2.17. The molecular weight excluding hydrogens is 350 g/mol. The van der Waals surface area contributed by atoms with Gasteiger partial charge in [-0.3, -0.25) is 4.68 Å². The van der Waals surface area contributed by atoms with Gasteiger partial charge in [0.05, 0.1) is 3.79 Å². The zero-order valence-corrected chi connectivity index (χ0v) is 13.8. The first kappa shape index (κ1) is 14.7. The van der Waals surface area contributed by atoms with E-state index in [1.54, 1.807) is 16.9 Å². The molecule has 5 nitrogen and oxygen atoms in total. The van der Waals surface area contributed by atoms with E-state index in [4.69, 9.17) is 0 Å². The minimum Gasteiger partial charge on any atom is -0.273 e. The molecule has 0 spiro atoms. The Kier molecular flexibility index (Phi) is 4.44. The molecule has 104 valence electrons. The van der Waals surface area contributed by atoms with Gasteiger partial charge in [-0.15, -0.1) is 11.3 Å². The first-order valence-corrected chi connectivity index (χ1v) is 8.72. The second-order valence-corrected chi connectivity index (χ2v) is 8.48. The molecule has 1 N–H and O–H groups in total. The topological polar surface area (TPSA) is 64.0 Å². The zero-order valence-electron chi connectivity index (χ0n) is 10.6. The Labute approximate surface area is 124 Å². The number of hydrogen-bond acceptors (Lipinski definition) is 4. The molecule has 0 atom stereocenters. The fraction of sp³-hybridized carbons (Fsp3) is 0.364. The van der Waals surface area contributed by atoms with Crippen LogP contribution in [0.2, 0.25) is 0 Å². The molecule has 8 heteroatoms. The van der Waals surface area contributed by atoms with Crippen LogP contribution >= 0.6 is 27.3 Å². The number of rotatable bonds is 5. The molecule has 0 unspecified atom stereocenters. The van der Waals surface area contributed by atoms with Crippen molar-refractivity contribution in [3.05, 3.63) is 33.4 Å². The molecule has 2 rings (SSSR count). The van der Waals surface area contributed by atoms with Gasteiger partial charge < -0.3 is 0 Å². The van der Waals surface area contributed by atoms with Gasteiger partial charge in [-0.2, -0.15) is 5.10 Å². The first-order chi connectivity index (χ1) is 8.90. The lowest BCUT2D eigenvalue weighted by Crippen LogP contribution is -2.25. The molecule has 2 aromatic heterocycles. The number of nitrogens with one attached hydrogen (secondary N) is 1. The van der Waals surface area contributed by atoms with E-state index in [1.165, 1.54) is 11.3 Å². The summed E-state index contributed by atoms with van der Waals surface area (Å²) < 4.78 is 29.7. The maximum atomic E-state index is 12.1. The zero-order chi connectivity index (χ0) is 14.0. The van der Waals surface area contributed by atoms with E-state index in [-0.39, 0.29) is 0 Å². The van der Waals surface area contributed by atoms with E-state index < -0.39 is 10.0 Å². The molecular formula is C11H14BrN3O2S2. The molecule has 0 bridgehead atoms. The van der Waals surface area contributed by atoms with E-state index in [0.717, 1.165) is 15.0 Å². The molecule has 0 radical (unpaired) electrons. The number of hydrogen-bond donors (Lipinski definition) is 1. The lowest BCUT2D eigenvalue weighted by Gasteiger charge is -2.05. The Morgan fingerprint density at radius 2 is 2.26 bits per heavy atom. The normalized spacial score (nSPS) is 11.9. The molecule has 0 fully saturated rings. The number of sulfonamides is 1. The highest BCUT2D eigenvalue weighted by molar-refractivity contribution is 9.11. The molecule has 2 heterocycles. The summed E-state index contributed by atoms with van der Waals surface area (Å²) in [6.07, 6.45) is 2.31. The highest BCUT2D eigenvalue weighted by atomic mass is 79.9. The number of aromatic nitrogens is 2. The Morgan fingerprint density at radius 1 is 1.53 bits per heavy atom. The molecule has 0 amide bonds. The van der Waals surface area contributed by atoms with Gasteiger partial charge in [-0.05, 0) is 40.5 Å². The summed E-state index contributed by atoms with van der Waals surface area (Å²) in [7, 11) is -1.58. The summed E-state index contributed by atoms with van der Waals surface area (Å²) >= 11 is 4.55. The van der Waals surface area contributed by atoms with E-state index in [2.05, 4.69) is 25.8 Å². The Hall–Kier alpha value is -0.700. The maximum Gasteiger partial charge on any atom is 0.250 e. The lowest BCUT2D eigenvalue weighted by molar-refractivity contribution is 0.582. The van der Waals surface area contributed by atoms with Crippen molar-refractivity contribution in [3.63, 3.8) is 0 Å². The van der Waals surface area contributed by atoms with Crippen LogP contribution in [0.4, 0.5) is 0 Å². The molecule has 19 heavy (non-hydrogen) atoms. The third kappa shape index (κ3) is 3.44. The fourth-order valence-corrected chi connectivity index (χ4v) is 4.90. The number of aryl methyl sites for hydroxylation is 2. The minimum atomic E-state index is -3.42. The van der Waals surface area contributed by atoms with E-state index in [0.29, 0.717) is 17.2 Å². The summed E-state index contributed by atoms with van der Waals surface area (Å²) in [6.45, 7) is 2.23. The average Bonchev–Trinajstić information content (AvgIpc) is 2.88. The van der Waals surface area contributed by atoms with E-state index >= 15 is 0 Å². The standard InChI is InChI=1S/C11H14BrN3O2S2/c1-8-7-10(18-11(8)12)19(16,17)14-6-4-9-3-5-13-15(9)2/h3,5,7,14H,4,6H2,1-2H3. The lowest BCUT2D eigenvalue weighted by atomic mass is 10.3. The predicted molar refractivity (Wildman–Crippen MR) is 78.9 cm³/mol. The summed E-state index contributed by atoms with van der Waals surface area (Å²) in [5, 5.41) is 4.04. The van der Waals surface area contributed by atoms with Gasteiger partial charge >= 0.3 is 0 Å². The molecule has 0 aliphatic carbocycles. The molecule has 2 aromatic rings. The summed E-state index contributed by atoms with van der Waals surface area (Å²) in [6, 6.07) is 3.54. The van der Waals surface area contributed by atoms with Gasteiger partial charge in [0, 0.05) is 31.9 Å². The third-order valence-electron chi connectivity index (χ3n) is 2.70. The van der Waals surface area contributed by atoms with Crippen LogP contribution in [0, 0.1) is 6.92 Å². The molecule has 0 saturated heterocycles. The van der Waals surface area contributed by atoms with Crippen molar-refractivity contribution in [1.29, 1.82) is 0 Å². The van der Waals surface area contributed by atoms with Gasteiger partial charge in [0.15, 0.2) is 0 Å². The average molecular weight is 364 g/mol. The van der Waals surface area contributed by atoms with Crippen LogP contribution in [0.5, 0.6) is 0 Å². The Balaban J connectivity index is 2.00. The van der Waals surface area contributed by atoms with Crippen LogP contribution in [0.1, 0.15) is 11.3 Å². The first-order valence-electron chi connectivity index (χ1n) is 5.62. The summed E-state index contributed by atoms with van der Waals surface area (Å²) in [4.78, 5) is 0. The summed E-state index contributed by atoms with van der Waals surface area (Å²) in [5.74, 6) is 0. The Morgan fingerprint density at radius 3 is 2.79 bits per heavy atom. The minimum absolute atomic E-state index is 0.335. The predicted octanol–water partition coefficient (Wildman–Crippen LogP) is 2.07. The fourth-order valence-electron chi connectivity index (χ4n) is 1.60. The number of nitrogens with zero attached hydrogens (tertiary/aromatic N) is 2. The monoisotopic (exact) mass is 363 g/mol. The van der Waals surface area contributed by atoms with Crippen molar-refractivity contribution in [2.75, 3.05) is 6.54 Å². The van der Waals surface area contributed by atoms with Gasteiger partial charge in [0.1, 0.15) is 4.21 Å². The highest BCUT2D eigenvalue weighted by Crippen LogP contribution is 2.30. The van der Waals surface area contributed by atoms with Crippen molar-refractivity contribution >= 4 is 37.3 Å². The van der Waals surface area contributed by atoms with Crippen LogP contribution in [0.25, 0.3) is 0 Å². The van der Waals surface area contributed by atoms with Gasteiger partial charge in [-0.1, -0.05) is 0 Å². The molecule has 0 saturated carbocycles. The van der Waals surface area contributed by atoms with Crippen molar-refractivity contribution in [2.45, 2.75) is 17.6 Å². The van der Waals surface area contributed by atoms with Crippen LogP contribution in [0.15, 0.2) is 26.3 Å². The molecule has 0 aliphatic rings. The molecule has 0 aromatic carbocycles. The van der Waals surface area contributed by atoms with E-state index in [9.17, 15) is 8.42 Å². The van der Waals surface area contributed by atoms with Crippen LogP contribution < -0.4 is 4.72 Å². The van der Waals surface area contributed by atoms with Gasteiger partial charge in [0.2, 0.25) is 10.0 Å². The van der Waals surface area contributed by atoms with E-state index in [1.807, 2.05) is 20.0 Å². The SMILES string of the molecule is Cc1cc(S(=O)(=O)NCCc2ccnn2C)sc1Br. The van der Waals surface area contributed by atoms with Crippen molar-refractivity contribution in [1.82, 2.24) is 14.5 Å². The second kappa shape index (κ2) is 5.74.